The summed E-state index contributed by atoms with van der Waals surface area (Å²) in [4.78, 5) is 7.15. The van der Waals surface area contributed by atoms with E-state index in [0.29, 0.717) is 17.9 Å². The minimum atomic E-state index is 0.247. The number of nitrogens with one attached hydrogen (secondary N) is 2. The molecule has 0 heterocycles. The van der Waals surface area contributed by atoms with E-state index in [4.69, 9.17) is 4.99 Å². The van der Waals surface area contributed by atoms with Crippen molar-refractivity contribution in [1.82, 2.24) is 15.5 Å². The molecule has 0 saturated heterocycles. The smallest absolute Gasteiger partial charge is 0.191 e. The fourth-order valence-electron chi connectivity index (χ4n) is 2.79. The molecule has 5 nitrogen and oxygen atoms in total. The summed E-state index contributed by atoms with van der Waals surface area (Å²) in [5.41, 5.74) is 0. The van der Waals surface area contributed by atoms with Crippen LogP contribution in [0.2, 0.25) is 0 Å². The van der Waals surface area contributed by atoms with E-state index in [1.165, 1.54) is 0 Å². The number of likely N-dealkylation sites (N-methyl/N-ethyl adjacent to an activating group) is 1. The van der Waals surface area contributed by atoms with Gasteiger partial charge in [-0.05, 0) is 52.0 Å². The van der Waals surface area contributed by atoms with Crippen LogP contribution in [0.15, 0.2) is 4.99 Å². The minimum absolute atomic E-state index is 0.247. The second kappa shape index (κ2) is 13.6. The maximum Gasteiger partial charge on any atom is 0.191 e. The number of hydrogen-bond acceptors (Lipinski definition) is 3. The monoisotopic (exact) mass is 328 g/mol. The molecule has 23 heavy (non-hydrogen) atoms. The molecule has 1 atom stereocenters. The molecule has 0 radical (unpaired) electrons. The zero-order valence-electron chi connectivity index (χ0n) is 16.2. The van der Waals surface area contributed by atoms with Gasteiger partial charge in [-0.15, -0.1) is 0 Å². The van der Waals surface area contributed by atoms with Gasteiger partial charge in [0, 0.05) is 38.8 Å². The predicted molar refractivity (Wildman–Crippen MR) is 101 cm³/mol. The first kappa shape index (κ1) is 22.2. The van der Waals surface area contributed by atoms with Gasteiger partial charge >= 0.3 is 0 Å². The fraction of sp³-hybridized carbons (Fsp3) is 0.944. The molecule has 0 aromatic heterocycles. The Morgan fingerprint density at radius 2 is 1.83 bits per heavy atom. The molecular formula is C18H40N4O. The van der Waals surface area contributed by atoms with Gasteiger partial charge in [0.25, 0.3) is 0 Å². The Bertz CT molecular complexity index is 305. The molecule has 0 aliphatic heterocycles. The molecule has 0 rings (SSSR count). The highest BCUT2D eigenvalue weighted by atomic mass is 16.3. The Kier molecular flexibility index (Phi) is 13.1. The summed E-state index contributed by atoms with van der Waals surface area (Å²) in [5.74, 6) is 1.98. The zero-order valence-corrected chi connectivity index (χ0v) is 16.2. The standard InChI is InChI=1S/C18H40N4O/c1-7-19-18(20-10-11-22(8-2)16(5)6)21-14-17(9-12-23)13-15(3)4/h15-17,23H,7-14H2,1-6H3,(H2,19,20,21). The normalized spacial score (nSPS) is 13.9. The van der Waals surface area contributed by atoms with Crippen LogP contribution >= 0.6 is 0 Å². The number of aliphatic hydroxyl groups is 1. The molecular weight excluding hydrogens is 288 g/mol. The summed E-state index contributed by atoms with van der Waals surface area (Å²) in [5, 5.41) is 16.0. The lowest BCUT2D eigenvalue weighted by Gasteiger charge is -2.25. The van der Waals surface area contributed by atoms with Crippen LogP contribution < -0.4 is 10.6 Å². The zero-order chi connectivity index (χ0) is 17.7. The van der Waals surface area contributed by atoms with E-state index >= 15 is 0 Å². The van der Waals surface area contributed by atoms with Gasteiger partial charge in [0.05, 0.1) is 0 Å². The van der Waals surface area contributed by atoms with Gasteiger partial charge in [-0.25, -0.2) is 0 Å². The van der Waals surface area contributed by atoms with Gasteiger partial charge in [-0.3, -0.25) is 9.89 Å². The average molecular weight is 329 g/mol. The van der Waals surface area contributed by atoms with Crippen molar-refractivity contribution in [2.75, 3.05) is 39.3 Å². The van der Waals surface area contributed by atoms with Gasteiger partial charge < -0.3 is 15.7 Å². The van der Waals surface area contributed by atoms with Crippen LogP contribution in [0.25, 0.3) is 0 Å². The van der Waals surface area contributed by atoms with Crippen molar-refractivity contribution in [3.05, 3.63) is 0 Å². The third kappa shape index (κ3) is 11.4. The molecule has 138 valence electrons. The Balaban J connectivity index is 4.44. The number of nitrogens with zero attached hydrogens (tertiary/aromatic N) is 2. The number of aliphatic imine (C=N–C) groups is 1. The van der Waals surface area contributed by atoms with Crippen LogP contribution in [-0.4, -0.2) is 61.3 Å². The lowest BCUT2D eigenvalue weighted by atomic mass is 9.94. The van der Waals surface area contributed by atoms with E-state index in [-0.39, 0.29) is 6.61 Å². The van der Waals surface area contributed by atoms with E-state index < -0.39 is 0 Å². The number of aliphatic hydroxyl groups excluding tert-OH is 1. The fourth-order valence-corrected chi connectivity index (χ4v) is 2.79. The Labute approximate surface area is 143 Å². The summed E-state index contributed by atoms with van der Waals surface area (Å²) in [6.07, 6.45) is 1.94. The third-order valence-electron chi connectivity index (χ3n) is 4.02. The summed E-state index contributed by atoms with van der Waals surface area (Å²) < 4.78 is 0. The van der Waals surface area contributed by atoms with Gasteiger partial charge in [-0.1, -0.05) is 20.8 Å². The van der Waals surface area contributed by atoms with Crippen LogP contribution in [-0.2, 0) is 0 Å². The highest BCUT2D eigenvalue weighted by Gasteiger charge is 2.11. The van der Waals surface area contributed by atoms with Crippen molar-refractivity contribution in [2.24, 2.45) is 16.8 Å². The van der Waals surface area contributed by atoms with Gasteiger partial charge in [0.2, 0.25) is 0 Å². The Morgan fingerprint density at radius 1 is 1.13 bits per heavy atom. The number of rotatable bonds is 12. The van der Waals surface area contributed by atoms with E-state index in [0.717, 1.165) is 51.5 Å². The Hall–Kier alpha value is -0.810. The third-order valence-corrected chi connectivity index (χ3v) is 4.02. The molecule has 0 saturated carbocycles. The predicted octanol–water partition coefficient (Wildman–Crippen LogP) is 2.32. The molecule has 0 spiro atoms. The molecule has 0 aromatic rings. The average Bonchev–Trinajstić information content (AvgIpc) is 2.48. The number of hydrogen-bond donors (Lipinski definition) is 3. The van der Waals surface area contributed by atoms with E-state index in [9.17, 15) is 5.11 Å². The van der Waals surface area contributed by atoms with E-state index in [1.54, 1.807) is 0 Å². The van der Waals surface area contributed by atoms with Crippen molar-refractivity contribution in [1.29, 1.82) is 0 Å². The van der Waals surface area contributed by atoms with Crippen molar-refractivity contribution >= 4 is 5.96 Å². The quantitative estimate of drug-likeness (QED) is 0.380. The van der Waals surface area contributed by atoms with Crippen molar-refractivity contribution < 1.29 is 5.11 Å². The lowest BCUT2D eigenvalue weighted by Crippen LogP contribution is -2.43. The first-order chi connectivity index (χ1) is 10.9. The van der Waals surface area contributed by atoms with Gasteiger partial charge in [-0.2, -0.15) is 0 Å². The van der Waals surface area contributed by atoms with Crippen molar-refractivity contribution in [3.8, 4) is 0 Å². The highest BCUT2D eigenvalue weighted by molar-refractivity contribution is 5.79. The van der Waals surface area contributed by atoms with Crippen LogP contribution in [0.1, 0.15) is 54.4 Å². The van der Waals surface area contributed by atoms with Crippen LogP contribution in [0.3, 0.4) is 0 Å². The molecule has 0 amide bonds. The highest BCUT2D eigenvalue weighted by Crippen LogP contribution is 2.15. The van der Waals surface area contributed by atoms with Crippen molar-refractivity contribution in [2.45, 2.75) is 60.4 Å². The van der Waals surface area contributed by atoms with Crippen LogP contribution in [0.4, 0.5) is 0 Å². The molecule has 5 heteroatoms. The minimum Gasteiger partial charge on any atom is -0.396 e. The van der Waals surface area contributed by atoms with Crippen LogP contribution in [0, 0.1) is 11.8 Å². The largest absolute Gasteiger partial charge is 0.396 e. The molecule has 0 fully saturated rings. The summed E-state index contributed by atoms with van der Waals surface area (Å²) >= 11 is 0. The topological polar surface area (TPSA) is 59.9 Å². The Morgan fingerprint density at radius 3 is 2.30 bits per heavy atom. The van der Waals surface area contributed by atoms with Gasteiger partial charge in [0.15, 0.2) is 5.96 Å². The first-order valence-electron chi connectivity index (χ1n) is 9.31. The maximum absolute atomic E-state index is 9.21. The summed E-state index contributed by atoms with van der Waals surface area (Å²) in [6.45, 7) is 18.1. The van der Waals surface area contributed by atoms with Crippen LogP contribution in [0.5, 0.6) is 0 Å². The van der Waals surface area contributed by atoms with Crippen molar-refractivity contribution in [3.63, 3.8) is 0 Å². The number of guanidine groups is 1. The van der Waals surface area contributed by atoms with E-state index in [1.807, 2.05) is 0 Å². The molecule has 0 aliphatic carbocycles. The molecule has 3 N–H and O–H groups in total. The first-order valence-corrected chi connectivity index (χ1v) is 9.31. The molecule has 0 bridgehead atoms. The maximum atomic E-state index is 9.21. The molecule has 0 aromatic carbocycles. The SMILES string of the molecule is CCNC(=NCC(CCO)CC(C)C)NCCN(CC)C(C)C. The molecule has 1 unspecified atom stereocenters. The summed E-state index contributed by atoms with van der Waals surface area (Å²) in [6, 6.07) is 0.571. The van der Waals surface area contributed by atoms with E-state index in [2.05, 4.69) is 57.1 Å². The lowest BCUT2D eigenvalue weighted by molar-refractivity contribution is 0.237. The second-order valence-electron chi connectivity index (χ2n) is 6.88. The van der Waals surface area contributed by atoms with Gasteiger partial charge in [0.1, 0.15) is 0 Å². The summed E-state index contributed by atoms with van der Waals surface area (Å²) in [7, 11) is 0. The second-order valence-corrected chi connectivity index (χ2v) is 6.88. The molecule has 0 aliphatic rings.